The summed E-state index contributed by atoms with van der Waals surface area (Å²) >= 11 is 0. The van der Waals surface area contributed by atoms with Crippen LogP contribution in [0, 0.1) is 21.4 Å². The van der Waals surface area contributed by atoms with Gasteiger partial charge in [0.05, 0.1) is 17.1 Å². The standard InChI is InChI=1S/C25H21N3O6/c1-2-3-14-33-25(30)18-4-8-20(9-5-18)27-24(29)19(16-26)15-22-12-13-23(34-22)17-6-10-21(11-7-17)28(31)32/h4-13,15H,2-3,14H2,1H3,(H,27,29)/b19-15+. The van der Waals surface area contributed by atoms with E-state index in [9.17, 15) is 25.0 Å². The van der Waals surface area contributed by atoms with Crippen LogP contribution < -0.4 is 5.32 Å². The number of unbranched alkanes of at least 4 members (excludes halogenated alkanes) is 1. The predicted octanol–water partition coefficient (Wildman–Crippen LogP) is 5.36. The van der Waals surface area contributed by atoms with Crippen LogP contribution in [-0.2, 0) is 9.53 Å². The number of benzene rings is 2. The Morgan fingerprint density at radius 1 is 1.12 bits per heavy atom. The third kappa shape index (κ3) is 6.17. The van der Waals surface area contributed by atoms with Crippen molar-refractivity contribution in [1.29, 1.82) is 5.26 Å². The molecule has 0 atom stereocenters. The van der Waals surface area contributed by atoms with E-state index in [1.54, 1.807) is 36.4 Å². The summed E-state index contributed by atoms with van der Waals surface area (Å²) in [6.45, 7) is 2.35. The quantitative estimate of drug-likeness (QED) is 0.114. The van der Waals surface area contributed by atoms with Crippen LogP contribution in [0.15, 0.2) is 70.7 Å². The van der Waals surface area contributed by atoms with Crippen molar-refractivity contribution in [2.75, 3.05) is 11.9 Å². The molecule has 0 aliphatic heterocycles. The number of rotatable bonds is 9. The second-order valence-electron chi connectivity index (χ2n) is 7.20. The van der Waals surface area contributed by atoms with E-state index >= 15 is 0 Å². The summed E-state index contributed by atoms with van der Waals surface area (Å²) in [7, 11) is 0. The average molecular weight is 459 g/mol. The van der Waals surface area contributed by atoms with Gasteiger partial charge in [0.15, 0.2) is 0 Å². The highest BCUT2D eigenvalue weighted by Crippen LogP contribution is 2.25. The van der Waals surface area contributed by atoms with Crippen molar-refractivity contribution < 1.29 is 23.7 Å². The number of nitrogens with zero attached hydrogens (tertiary/aromatic N) is 2. The number of ether oxygens (including phenoxy) is 1. The lowest BCUT2D eigenvalue weighted by Gasteiger charge is -2.06. The number of hydrogen-bond acceptors (Lipinski definition) is 7. The molecule has 172 valence electrons. The first-order valence-corrected chi connectivity index (χ1v) is 10.5. The number of nitriles is 1. The highest BCUT2D eigenvalue weighted by molar-refractivity contribution is 6.09. The van der Waals surface area contributed by atoms with E-state index in [4.69, 9.17) is 9.15 Å². The van der Waals surface area contributed by atoms with Crippen LogP contribution in [0.25, 0.3) is 17.4 Å². The number of esters is 1. The number of furan rings is 1. The predicted molar refractivity (Wildman–Crippen MR) is 125 cm³/mol. The van der Waals surface area contributed by atoms with Crippen molar-refractivity contribution in [3.63, 3.8) is 0 Å². The smallest absolute Gasteiger partial charge is 0.338 e. The molecule has 0 unspecified atom stereocenters. The van der Waals surface area contributed by atoms with Crippen molar-refractivity contribution in [2.45, 2.75) is 19.8 Å². The Morgan fingerprint density at radius 3 is 2.44 bits per heavy atom. The molecule has 0 aliphatic carbocycles. The van der Waals surface area contributed by atoms with Gasteiger partial charge in [-0.25, -0.2) is 4.79 Å². The molecule has 9 heteroatoms. The molecule has 34 heavy (non-hydrogen) atoms. The summed E-state index contributed by atoms with van der Waals surface area (Å²) in [4.78, 5) is 34.8. The van der Waals surface area contributed by atoms with Gasteiger partial charge < -0.3 is 14.5 Å². The number of anilines is 1. The molecule has 1 heterocycles. The number of nitro groups is 1. The summed E-state index contributed by atoms with van der Waals surface area (Å²) in [6, 6.07) is 17.0. The molecule has 1 N–H and O–H groups in total. The average Bonchev–Trinajstić information content (AvgIpc) is 3.31. The summed E-state index contributed by atoms with van der Waals surface area (Å²) in [6.07, 6.45) is 3.00. The molecule has 1 amide bonds. The lowest BCUT2D eigenvalue weighted by atomic mass is 10.1. The molecule has 0 saturated heterocycles. The number of nitrogens with one attached hydrogen (secondary N) is 1. The van der Waals surface area contributed by atoms with Gasteiger partial charge in [-0.2, -0.15) is 5.26 Å². The summed E-state index contributed by atoms with van der Waals surface area (Å²) in [5.41, 5.74) is 1.15. The monoisotopic (exact) mass is 459 g/mol. The van der Waals surface area contributed by atoms with Gasteiger partial charge in [0.1, 0.15) is 23.2 Å². The third-order valence-electron chi connectivity index (χ3n) is 4.75. The number of amides is 1. The fraction of sp³-hybridized carbons (Fsp3) is 0.160. The Labute approximate surface area is 195 Å². The molecule has 3 aromatic rings. The summed E-state index contributed by atoms with van der Waals surface area (Å²) in [5, 5.41) is 22.8. The minimum atomic E-state index is -0.644. The van der Waals surface area contributed by atoms with Crippen molar-refractivity contribution in [3.05, 3.63) is 87.7 Å². The van der Waals surface area contributed by atoms with E-state index in [1.165, 1.54) is 30.3 Å². The lowest BCUT2D eigenvalue weighted by molar-refractivity contribution is -0.384. The third-order valence-corrected chi connectivity index (χ3v) is 4.75. The molecule has 0 aliphatic rings. The van der Waals surface area contributed by atoms with Crippen LogP contribution in [0.4, 0.5) is 11.4 Å². The van der Waals surface area contributed by atoms with Crippen LogP contribution in [0.1, 0.15) is 35.9 Å². The largest absolute Gasteiger partial charge is 0.462 e. The van der Waals surface area contributed by atoms with Crippen molar-refractivity contribution in [2.24, 2.45) is 0 Å². The van der Waals surface area contributed by atoms with Crippen LogP contribution in [0.5, 0.6) is 0 Å². The van der Waals surface area contributed by atoms with Crippen LogP contribution in [0.3, 0.4) is 0 Å². The Balaban J connectivity index is 1.66. The Hall–Kier alpha value is -4.71. The number of carbonyl (C=O) groups is 2. The fourth-order valence-electron chi connectivity index (χ4n) is 2.90. The molecular weight excluding hydrogens is 438 g/mol. The lowest BCUT2D eigenvalue weighted by Crippen LogP contribution is -2.13. The van der Waals surface area contributed by atoms with Gasteiger partial charge in [-0.15, -0.1) is 0 Å². The fourth-order valence-corrected chi connectivity index (χ4v) is 2.90. The van der Waals surface area contributed by atoms with Crippen molar-refractivity contribution in [3.8, 4) is 17.4 Å². The molecule has 2 aromatic carbocycles. The van der Waals surface area contributed by atoms with E-state index in [0.29, 0.717) is 29.2 Å². The van der Waals surface area contributed by atoms with Gasteiger partial charge in [-0.3, -0.25) is 14.9 Å². The van der Waals surface area contributed by atoms with Crippen LogP contribution >= 0.6 is 0 Å². The van der Waals surface area contributed by atoms with Crippen LogP contribution in [-0.4, -0.2) is 23.4 Å². The molecule has 0 saturated carbocycles. The van der Waals surface area contributed by atoms with Gasteiger partial charge in [0, 0.05) is 29.5 Å². The number of carbonyl (C=O) groups excluding carboxylic acids is 2. The van der Waals surface area contributed by atoms with Gasteiger partial charge in [-0.05, 0) is 55.0 Å². The highest BCUT2D eigenvalue weighted by Gasteiger charge is 2.13. The van der Waals surface area contributed by atoms with Crippen molar-refractivity contribution in [1.82, 2.24) is 0 Å². The molecule has 1 aromatic heterocycles. The van der Waals surface area contributed by atoms with E-state index < -0.39 is 16.8 Å². The van der Waals surface area contributed by atoms with Crippen molar-refractivity contribution >= 4 is 29.3 Å². The van der Waals surface area contributed by atoms with E-state index in [1.807, 2.05) is 13.0 Å². The number of nitro benzene ring substituents is 1. The minimum Gasteiger partial charge on any atom is -0.462 e. The maximum Gasteiger partial charge on any atom is 0.338 e. The number of non-ortho nitro benzene ring substituents is 1. The summed E-state index contributed by atoms with van der Waals surface area (Å²) in [5.74, 6) is -0.384. The van der Waals surface area contributed by atoms with Gasteiger partial charge in [0.2, 0.25) is 0 Å². The zero-order valence-electron chi connectivity index (χ0n) is 18.3. The Morgan fingerprint density at radius 2 is 1.82 bits per heavy atom. The normalized spacial score (nSPS) is 10.9. The van der Waals surface area contributed by atoms with E-state index in [-0.39, 0.29) is 17.0 Å². The zero-order valence-corrected chi connectivity index (χ0v) is 18.3. The maximum atomic E-state index is 12.5. The topological polar surface area (TPSA) is 135 Å². The summed E-state index contributed by atoms with van der Waals surface area (Å²) < 4.78 is 10.8. The molecule has 0 fully saturated rings. The van der Waals surface area contributed by atoms with Gasteiger partial charge >= 0.3 is 5.97 Å². The maximum absolute atomic E-state index is 12.5. The second kappa shape index (κ2) is 11.2. The van der Waals surface area contributed by atoms with Gasteiger partial charge in [-0.1, -0.05) is 13.3 Å². The Kier molecular flexibility index (Phi) is 7.92. The minimum absolute atomic E-state index is 0.0414. The van der Waals surface area contributed by atoms with Gasteiger partial charge in [0.25, 0.3) is 11.6 Å². The van der Waals surface area contributed by atoms with Crippen LogP contribution in [0.2, 0.25) is 0 Å². The molecule has 9 nitrogen and oxygen atoms in total. The van der Waals surface area contributed by atoms with E-state index in [2.05, 4.69) is 5.32 Å². The molecule has 0 spiro atoms. The molecule has 0 radical (unpaired) electrons. The molecular formula is C25H21N3O6. The highest BCUT2D eigenvalue weighted by atomic mass is 16.6. The Bertz CT molecular complexity index is 1250. The first-order chi connectivity index (χ1) is 16.4. The molecule has 3 rings (SSSR count). The van der Waals surface area contributed by atoms with E-state index in [0.717, 1.165) is 12.8 Å². The SMILES string of the molecule is CCCCOC(=O)c1ccc(NC(=O)/C(C#N)=C/c2ccc(-c3ccc([N+](=O)[O-])cc3)o2)cc1. The molecule has 0 bridgehead atoms. The first kappa shape index (κ1) is 23.9. The zero-order chi connectivity index (χ0) is 24.5. The first-order valence-electron chi connectivity index (χ1n) is 10.5. The second-order valence-corrected chi connectivity index (χ2v) is 7.20. The number of hydrogen-bond donors (Lipinski definition) is 1.